The van der Waals surface area contributed by atoms with Gasteiger partial charge in [-0.05, 0) is 121 Å². The van der Waals surface area contributed by atoms with E-state index in [0.29, 0.717) is 50.8 Å². The molecule has 7 rings (SSSR count). The van der Waals surface area contributed by atoms with Crippen LogP contribution in [-0.2, 0) is 63.7 Å². The fraction of sp³-hybridized carbons (Fsp3) is 0.288. The monoisotopic (exact) mass is 1350 g/mol. The van der Waals surface area contributed by atoms with E-state index in [9.17, 15) is 67.2 Å². The van der Waals surface area contributed by atoms with Crippen LogP contribution in [-0.4, -0.2) is 86.5 Å². The van der Waals surface area contributed by atoms with Crippen molar-refractivity contribution in [3.63, 3.8) is 0 Å². The summed E-state index contributed by atoms with van der Waals surface area (Å²) in [6.07, 6.45) is -1.46. The van der Waals surface area contributed by atoms with Crippen LogP contribution in [0.4, 0.5) is 30.2 Å². The Labute approximate surface area is 528 Å². The number of nitrogens with one attached hydrogen (secondary N) is 6. The molecule has 0 spiro atoms. The number of hydrogen-bond acceptors (Lipinski definition) is 12. The highest BCUT2D eigenvalue weighted by molar-refractivity contribution is 7.89. The van der Waals surface area contributed by atoms with E-state index in [4.69, 9.17) is 50.2 Å². The number of hydrogen-bond donors (Lipinski definition) is 9. The third-order valence-electron chi connectivity index (χ3n) is 13.0. The molecule has 0 radical (unpaired) electrons. The molecular weight excluding hydrogens is 1290 g/mol. The lowest BCUT2D eigenvalue weighted by atomic mass is 10.1. The number of anilines is 3. The first-order valence-electron chi connectivity index (χ1n) is 27.2. The molecule has 1 saturated carbocycles. The smallest absolute Gasteiger partial charge is 0.352 e. The number of rotatable bonds is 22. The summed E-state index contributed by atoms with van der Waals surface area (Å²) < 4.78 is 108. The van der Waals surface area contributed by atoms with E-state index >= 15 is 0 Å². The lowest BCUT2D eigenvalue weighted by molar-refractivity contribution is -0.135. The van der Waals surface area contributed by atoms with Gasteiger partial charge >= 0.3 is 6.18 Å². The Morgan fingerprint density at radius 3 is 1.15 bits per heavy atom. The molecular formula is C59H65Cl3F3N9O12S3. The molecule has 0 saturated heterocycles. The van der Waals surface area contributed by atoms with Gasteiger partial charge in [-0.1, -0.05) is 116 Å². The summed E-state index contributed by atoms with van der Waals surface area (Å²) in [5.74, 6) is -2.59. The van der Waals surface area contributed by atoms with Gasteiger partial charge in [0.2, 0.25) is 47.8 Å². The minimum absolute atomic E-state index is 0.0149. The van der Waals surface area contributed by atoms with Gasteiger partial charge in [0, 0.05) is 58.2 Å². The van der Waals surface area contributed by atoms with Crippen molar-refractivity contribution >= 4 is 117 Å². The zero-order valence-corrected chi connectivity index (χ0v) is 52.6. The van der Waals surface area contributed by atoms with Crippen LogP contribution >= 0.6 is 34.8 Å². The Hall–Kier alpha value is -7.47. The molecule has 21 nitrogen and oxygen atoms in total. The molecule has 0 heterocycles. The standard InChI is InChI=1S/C21H24ClN3O4S.C19H19ClF3N3O4S.C19H22ClN3O4S/c22-18-8-4-3-7-15(18)11-20(26)25-16-9-10-17(19(12-16)30(23,28)29)21(27)24-13-14-5-1-2-6-14;20-15-5-2-1-4-12(15)10-17(27)26-13-6-7-14(16(11-13)31(24,29)30)18(28)25-9-3-8-19(21,22)23;1-12(2)11-22-19(25)15-8-7-14(10-17(15)28(21,26)27)23-18(24)9-13-5-3-4-6-16(13)20/h3-4,7-10,12,14H,1-2,5-6,11,13H2,(H,24,27)(H,25,26)(H2,23,28,29);1-2,4-7,11H,3,8-10H2,(H,25,28)(H,26,27)(H2,24,29,30);3-8,10,12H,9,11H2,1-2H3,(H,22,25)(H,23,24)(H2,21,26,27). The average Bonchev–Trinajstić information content (AvgIpc) is 2.00. The highest BCUT2D eigenvalue weighted by Gasteiger charge is 2.28. The highest BCUT2D eigenvalue weighted by Crippen LogP contribution is 2.28. The Bertz CT molecular complexity index is 3910. The molecule has 0 atom stereocenters. The van der Waals surface area contributed by atoms with Gasteiger partial charge in [0.1, 0.15) is 0 Å². The van der Waals surface area contributed by atoms with Crippen LogP contribution in [0.15, 0.2) is 142 Å². The first kappa shape index (κ1) is 72.3. The Kier molecular flexibility index (Phi) is 26.7. The molecule has 0 aromatic heterocycles. The molecule has 6 aromatic rings. The summed E-state index contributed by atoms with van der Waals surface area (Å²) in [7, 11) is -12.7. The van der Waals surface area contributed by atoms with Gasteiger partial charge in [0.15, 0.2) is 0 Å². The Morgan fingerprint density at radius 2 is 0.831 bits per heavy atom. The quantitative estimate of drug-likeness (QED) is 0.0288. The Morgan fingerprint density at radius 1 is 0.506 bits per heavy atom. The van der Waals surface area contributed by atoms with Crippen LogP contribution in [0.2, 0.25) is 15.1 Å². The third-order valence-corrected chi connectivity index (χ3v) is 17.0. The lowest BCUT2D eigenvalue weighted by Crippen LogP contribution is -2.30. The van der Waals surface area contributed by atoms with Crippen LogP contribution in [0.1, 0.15) is 100 Å². The van der Waals surface area contributed by atoms with Crippen LogP contribution in [0.5, 0.6) is 0 Å². The summed E-state index contributed by atoms with van der Waals surface area (Å²) in [5, 5.41) is 32.4. The van der Waals surface area contributed by atoms with Crippen LogP contribution in [0.25, 0.3) is 0 Å². The van der Waals surface area contributed by atoms with Gasteiger partial charge in [0.05, 0.1) is 50.6 Å². The van der Waals surface area contributed by atoms with Gasteiger partial charge in [-0.25, -0.2) is 40.7 Å². The van der Waals surface area contributed by atoms with Crippen molar-refractivity contribution in [1.82, 2.24) is 16.0 Å². The third kappa shape index (κ3) is 24.1. The molecule has 0 aliphatic heterocycles. The zero-order chi connectivity index (χ0) is 65.9. The van der Waals surface area contributed by atoms with Gasteiger partial charge in [-0.3, -0.25) is 28.8 Å². The van der Waals surface area contributed by atoms with Crippen molar-refractivity contribution in [3.05, 3.63) is 176 Å². The van der Waals surface area contributed by atoms with Crippen LogP contribution < -0.4 is 47.3 Å². The molecule has 478 valence electrons. The average molecular weight is 1350 g/mol. The lowest BCUT2D eigenvalue weighted by Gasteiger charge is -2.14. The number of benzene rings is 6. The molecule has 1 fully saturated rings. The van der Waals surface area contributed by atoms with Gasteiger partial charge in [0.25, 0.3) is 17.7 Å². The second-order valence-electron chi connectivity index (χ2n) is 20.7. The highest BCUT2D eigenvalue weighted by atomic mass is 35.5. The molecule has 12 N–H and O–H groups in total. The number of amides is 6. The van der Waals surface area contributed by atoms with Crippen LogP contribution in [0, 0.1) is 11.8 Å². The topological polar surface area (TPSA) is 355 Å². The normalized spacial score (nSPS) is 12.5. The van der Waals surface area contributed by atoms with Crippen molar-refractivity contribution in [2.24, 2.45) is 27.3 Å². The fourth-order valence-corrected chi connectivity index (χ4v) is 11.5. The first-order valence-corrected chi connectivity index (χ1v) is 33.0. The fourth-order valence-electron chi connectivity index (χ4n) is 8.65. The number of halogens is 6. The summed E-state index contributed by atoms with van der Waals surface area (Å²) in [6, 6.07) is 31.9. The second-order valence-corrected chi connectivity index (χ2v) is 26.5. The number of primary sulfonamides is 3. The van der Waals surface area contributed by atoms with Gasteiger partial charge in [-0.2, -0.15) is 13.2 Å². The molecule has 89 heavy (non-hydrogen) atoms. The van der Waals surface area contributed by atoms with E-state index in [2.05, 4.69) is 31.9 Å². The minimum Gasteiger partial charge on any atom is -0.352 e. The number of carbonyl (C=O) groups excluding carboxylic acids is 6. The van der Waals surface area contributed by atoms with Gasteiger partial charge < -0.3 is 31.9 Å². The maximum atomic E-state index is 12.5. The summed E-state index contributed by atoms with van der Waals surface area (Å²) in [6.45, 7) is 4.41. The number of alkyl halides is 3. The van der Waals surface area contributed by atoms with Crippen LogP contribution in [0.3, 0.4) is 0 Å². The first-order chi connectivity index (χ1) is 41.7. The van der Waals surface area contributed by atoms with Crippen molar-refractivity contribution in [1.29, 1.82) is 0 Å². The molecule has 6 amide bonds. The largest absolute Gasteiger partial charge is 0.389 e. The van der Waals surface area contributed by atoms with Crippen molar-refractivity contribution in [2.75, 3.05) is 35.6 Å². The van der Waals surface area contributed by atoms with E-state index in [0.717, 1.165) is 37.8 Å². The summed E-state index contributed by atoms with van der Waals surface area (Å²) in [5.41, 5.74) is 1.87. The maximum absolute atomic E-state index is 12.5. The van der Waals surface area contributed by atoms with Gasteiger partial charge in [-0.15, -0.1) is 0 Å². The molecule has 1 aliphatic rings. The van der Waals surface area contributed by atoms with E-state index in [1.807, 2.05) is 13.8 Å². The van der Waals surface area contributed by atoms with E-state index in [-0.39, 0.29) is 93.5 Å². The number of sulfonamides is 3. The maximum Gasteiger partial charge on any atom is 0.389 e. The minimum atomic E-state index is -4.37. The predicted octanol–water partition coefficient (Wildman–Crippen LogP) is 8.88. The summed E-state index contributed by atoms with van der Waals surface area (Å²) >= 11 is 18.1. The molecule has 0 bridgehead atoms. The number of carbonyl (C=O) groups is 6. The van der Waals surface area contributed by atoms with E-state index in [1.54, 1.807) is 72.8 Å². The molecule has 0 unspecified atom stereocenters. The Balaban J connectivity index is 0.000000243. The summed E-state index contributed by atoms with van der Waals surface area (Å²) in [4.78, 5) is 72.7. The zero-order valence-electron chi connectivity index (χ0n) is 47.9. The second kappa shape index (κ2) is 32.8. The van der Waals surface area contributed by atoms with E-state index < -0.39 is 71.2 Å². The van der Waals surface area contributed by atoms with Crippen molar-refractivity contribution in [2.45, 2.75) is 92.5 Å². The van der Waals surface area contributed by atoms with E-state index in [1.165, 1.54) is 42.5 Å². The van der Waals surface area contributed by atoms with Crippen molar-refractivity contribution in [3.8, 4) is 0 Å². The predicted molar refractivity (Wildman–Crippen MR) is 334 cm³/mol. The number of nitrogens with two attached hydrogens (primary N) is 3. The van der Waals surface area contributed by atoms with Crippen molar-refractivity contribution < 1.29 is 67.2 Å². The molecule has 6 aromatic carbocycles. The molecule has 1 aliphatic carbocycles. The SMILES string of the molecule is CC(C)CNC(=O)c1ccc(NC(=O)Cc2ccccc2Cl)cc1S(N)(=O)=O.NS(=O)(=O)c1cc(NC(=O)Cc2ccccc2Cl)ccc1C(=O)NCC1CCCC1.NS(=O)(=O)c1cc(NC(=O)Cc2ccccc2Cl)ccc1C(=O)NCCCC(F)(F)F. The molecule has 30 heteroatoms.